The summed E-state index contributed by atoms with van der Waals surface area (Å²) in [7, 11) is 1.66. The Bertz CT molecular complexity index is 590. The van der Waals surface area contributed by atoms with Gasteiger partial charge in [0.05, 0.1) is 0 Å². The molecule has 0 unspecified atom stereocenters. The monoisotopic (exact) mass is 258 g/mol. The molecular formula is C14H14N2O3. The van der Waals surface area contributed by atoms with Gasteiger partial charge in [-0.05, 0) is 24.3 Å². The number of aromatic nitrogens is 1. The van der Waals surface area contributed by atoms with E-state index in [1.807, 2.05) is 30.3 Å². The molecule has 5 nitrogen and oxygen atoms in total. The average molecular weight is 258 g/mol. The van der Waals surface area contributed by atoms with Crippen LogP contribution in [-0.2, 0) is 11.3 Å². The predicted octanol–water partition coefficient (Wildman–Crippen LogP) is 1.85. The molecule has 1 heterocycles. The van der Waals surface area contributed by atoms with E-state index in [-0.39, 0.29) is 12.5 Å². The first-order chi connectivity index (χ1) is 9.09. The smallest absolute Gasteiger partial charge is 0.323 e. The topological polar surface area (TPSA) is 62.5 Å². The molecule has 0 saturated heterocycles. The number of nitrogens with zero attached hydrogens (tertiary/aromatic N) is 2. The van der Waals surface area contributed by atoms with Crippen LogP contribution in [0.15, 0.2) is 48.7 Å². The molecule has 1 aromatic carbocycles. The van der Waals surface area contributed by atoms with E-state index in [1.54, 1.807) is 25.4 Å². The lowest BCUT2D eigenvalue weighted by Crippen LogP contribution is -2.29. The molecule has 0 atom stereocenters. The molecule has 0 spiro atoms. The van der Waals surface area contributed by atoms with Crippen molar-refractivity contribution < 1.29 is 14.7 Å². The van der Waals surface area contributed by atoms with Crippen LogP contribution in [0.4, 0.5) is 5.69 Å². The number of carboxylic acid groups (broad SMARTS) is 1. The van der Waals surface area contributed by atoms with E-state index in [2.05, 4.69) is 0 Å². The van der Waals surface area contributed by atoms with Gasteiger partial charge in [0.1, 0.15) is 12.2 Å². The molecule has 2 aromatic rings. The summed E-state index contributed by atoms with van der Waals surface area (Å²) >= 11 is 0. The number of aliphatic carboxylic acids is 1. The number of anilines is 1. The number of carbonyl (C=O) groups excluding carboxylic acids is 1. The van der Waals surface area contributed by atoms with E-state index in [9.17, 15) is 9.59 Å². The maximum atomic E-state index is 12.3. The summed E-state index contributed by atoms with van der Waals surface area (Å²) < 4.78 is 1.42. The number of hydrogen-bond donors (Lipinski definition) is 1. The van der Waals surface area contributed by atoms with Crippen LogP contribution < -0.4 is 4.90 Å². The highest BCUT2D eigenvalue weighted by atomic mass is 16.4. The van der Waals surface area contributed by atoms with Crippen molar-refractivity contribution in [2.45, 2.75) is 6.54 Å². The lowest BCUT2D eigenvalue weighted by atomic mass is 10.2. The van der Waals surface area contributed by atoms with Gasteiger partial charge in [-0.25, -0.2) is 0 Å². The largest absolute Gasteiger partial charge is 0.480 e. The maximum absolute atomic E-state index is 12.3. The number of amides is 1. The lowest BCUT2D eigenvalue weighted by molar-refractivity contribution is -0.137. The fourth-order valence-electron chi connectivity index (χ4n) is 1.83. The molecule has 0 saturated carbocycles. The highest BCUT2D eigenvalue weighted by Gasteiger charge is 2.17. The standard InChI is InChI=1S/C14H14N2O3/c1-15(11-6-3-2-4-7-11)14(19)12-8-5-9-16(12)10-13(17)18/h2-9H,10H2,1H3,(H,17,18). The second kappa shape index (κ2) is 5.39. The molecule has 2 rings (SSSR count). The number of carboxylic acids is 1. The van der Waals surface area contributed by atoms with Crippen LogP contribution in [0.5, 0.6) is 0 Å². The van der Waals surface area contributed by atoms with Crippen LogP contribution in [0, 0.1) is 0 Å². The summed E-state index contributed by atoms with van der Waals surface area (Å²) in [5.41, 5.74) is 1.12. The molecule has 0 aliphatic rings. The Morgan fingerprint density at radius 2 is 1.84 bits per heavy atom. The number of para-hydroxylation sites is 1. The second-order valence-corrected chi connectivity index (χ2v) is 4.11. The molecule has 0 fully saturated rings. The van der Waals surface area contributed by atoms with Gasteiger partial charge in [0.15, 0.2) is 0 Å². The maximum Gasteiger partial charge on any atom is 0.323 e. The molecule has 19 heavy (non-hydrogen) atoms. The van der Waals surface area contributed by atoms with Gasteiger partial charge < -0.3 is 14.6 Å². The first-order valence-electron chi connectivity index (χ1n) is 5.79. The van der Waals surface area contributed by atoms with Crippen LogP contribution in [0.3, 0.4) is 0 Å². The number of rotatable bonds is 4. The van der Waals surface area contributed by atoms with Gasteiger partial charge in [-0.15, -0.1) is 0 Å². The van der Waals surface area contributed by atoms with Gasteiger partial charge in [-0.1, -0.05) is 18.2 Å². The summed E-state index contributed by atoms with van der Waals surface area (Å²) in [6.45, 7) is -0.225. The Kier molecular flexibility index (Phi) is 3.66. The molecule has 1 N–H and O–H groups in total. The fourth-order valence-corrected chi connectivity index (χ4v) is 1.83. The average Bonchev–Trinajstić information content (AvgIpc) is 2.85. The first-order valence-corrected chi connectivity index (χ1v) is 5.79. The third-order valence-corrected chi connectivity index (χ3v) is 2.80. The summed E-state index contributed by atoms with van der Waals surface area (Å²) in [6.07, 6.45) is 1.58. The van der Waals surface area contributed by atoms with Gasteiger partial charge >= 0.3 is 5.97 Å². The van der Waals surface area contributed by atoms with Crippen molar-refractivity contribution in [1.82, 2.24) is 4.57 Å². The first kappa shape index (κ1) is 12.9. The van der Waals surface area contributed by atoms with Crippen molar-refractivity contribution in [3.8, 4) is 0 Å². The SMILES string of the molecule is CN(C(=O)c1cccn1CC(=O)O)c1ccccc1. The summed E-state index contributed by atoms with van der Waals surface area (Å²) in [6, 6.07) is 12.5. The third-order valence-electron chi connectivity index (χ3n) is 2.80. The van der Waals surface area contributed by atoms with Crippen LogP contribution in [0.2, 0.25) is 0 Å². The van der Waals surface area contributed by atoms with Gasteiger partial charge in [-0.3, -0.25) is 9.59 Å². The van der Waals surface area contributed by atoms with E-state index in [4.69, 9.17) is 5.11 Å². The Labute approximate surface area is 110 Å². The molecule has 98 valence electrons. The van der Waals surface area contributed by atoms with E-state index in [1.165, 1.54) is 9.47 Å². The molecule has 0 aliphatic heterocycles. The van der Waals surface area contributed by atoms with Crippen molar-refractivity contribution in [1.29, 1.82) is 0 Å². The van der Waals surface area contributed by atoms with Gasteiger partial charge in [0, 0.05) is 18.9 Å². The molecule has 0 radical (unpaired) electrons. The van der Waals surface area contributed by atoms with Crippen LogP contribution in [-0.4, -0.2) is 28.6 Å². The van der Waals surface area contributed by atoms with Gasteiger partial charge in [-0.2, -0.15) is 0 Å². The van der Waals surface area contributed by atoms with Crippen LogP contribution in [0.1, 0.15) is 10.5 Å². The number of carbonyl (C=O) groups is 2. The Hall–Kier alpha value is -2.56. The zero-order chi connectivity index (χ0) is 13.8. The van der Waals surface area contributed by atoms with Crippen molar-refractivity contribution in [3.05, 3.63) is 54.4 Å². The van der Waals surface area contributed by atoms with E-state index in [0.717, 1.165) is 5.69 Å². The fraction of sp³-hybridized carbons (Fsp3) is 0.143. The van der Waals surface area contributed by atoms with E-state index < -0.39 is 5.97 Å². The van der Waals surface area contributed by atoms with Crippen molar-refractivity contribution in [2.24, 2.45) is 0 Å². The molecule has 5 heteroatoms. The minimum Gasteiger partial charge on any atom is -0.480 e. The normalized spacial score (nSPS) is 10.2. The van der Waals surface area contributed by atoms with Crippen molar-refractivity contribution in [2.75, 3.05) is 11.9 Å². The van der Waals surface area contributed by atoms with Gasteiger partial charge in [0.25, 0.3) is 5.91 Å². The third kappa shape index (κ3) is 2.82. The number of benzene rings is 1. The molecule has 1 aromatic heterocycles. The Morgan fingerprint density at radius 3 is 2.47 bits per heavy atom. The molecule has 0 bridgehead atoms. The van der Waals surface area contributed by atoms with Gasteiger partial charge in [0.2, 0.25) is 0 Å². The minimum atomic E-state index is -0.979. The van der Waals surface area contributed by atoms with E-state index in [0.29, 0.717) is 5.69 Å². The Balaban J connectivity index is 2.25. The Morgan fingerprint density at radius 1 is 1.16 bits per heavy atom. The molecular weight excluding hydrogens is 244 g/mol. The number of hydrogen-bond acceptors (Lipinski definition) is 2. The van der Waals surface area contributed by atoms with Crippen LogP contribution in [0.25, 0.3) is 0 Å². The zero-order valence-electron chi connectivity index (χ0n) is 10.5. The summed E-state index contributed by atoms with van der Waals surface area (Å²) in [5.74, 6) is -1.22. The highest BCUT2D eigenvalue weighted by molar-refractivity contribution is 6.04. The second-order valence-electron chi connectivity index (χ2n) is 4.11. The van der Waals surface area contributed by atoms with Crippen LogP contribution >= 0.6 is 0 Å². The quantitative estimate of drug-likeness (QED) is 0.910. The minimum absolute atomic E-state index is 0.225. The lowest BCUT2D eigenvalue weighted by Gasteiger charge is -2.18. The summed E-state index contributed by atoms with van der Waals surface area (Å²) in [4.78, 5) is 24.6. The zero-order valence-corrected chi connectivity index (χ0v) is 10.5. The molecule has 0 aliphatic carbocycles. The predicted molar refractivity (Wildman–Crippen MR) is 71.2 cm³/mol. The van der Waals surface area contributed by atoms with E-state index >= 15 is 0 Å². The molecule has 1 amide bonds. The van der Waals surface area contributed by atoms with Crippen molar-refractivity contribution in [3.63, 3.8) is 0 Å². The highest BCUT2D eigenvalue weighted by Crippen LogP contribution is 2.15. The van der Waals surface area contributed by atoms with Crippen molar-refractivity contribution >= 4 is 17.6 Å². The summed E-state index contributed by atoms with van der Waals surface area (Å²) in [5, 5.41) is 8.80.